The van der Waals surface area contributed by atoms with E-state index in [-0.39, 0.29) is 23.3 Å². The summed E-state index contributed by atoms with van der Waals surface area (Å²) in [4.78, 5) is 34.3. The Labute approximate surface area is 262 Å². The Morgan fingerprint density at radius 2 is 2.00 bits per heavy atom. The van der Waals surface area contributed by atoms with Gasteiger partial charge in [0.25, 0.3) is 5.56 Å². The van der Waals surface area contributed by atoms with Crippen molar-refractivity contribution in [1.82, 2.24) is 33.3 Å². The van der Waals surface area contributed by atoms with Gasteiger partial charge in [-0.25, -0.2) is 4.79 Å². The standard InChI is InChI=1S/C33H45N7O3S/c1-22(2)17-39-31-29(32(41)38(33(39)42)13-12-37-14-15-43-25(20-37)19-35(4)5)30(27-8-7-11-36(27)6)40(34-31)18-24-21-44-28-16-23(3)9-10-26(24)28/h7-11,21-23,25H,12-20H2,1-6H3/t23?,25-/m0/s1. The minimum atomic E-state index is -0.290. The molecule has 4 aromatic heterocycles. The molecule has 1 fully saturated rings. The summed E-state index contributed by atoms with van der Waals surface area (Å²) in [5, 5.41) is 7.78. The Hall–Kier alpha value is -3.25. The third-order valence-corrected chi connectivity index (χ3v) is 9.76. The summed E-state index contributed by atoms with van der Waals surface area (Å²) in [6, 6.07) is 4.01. The lowest BCUT2D eigenvalue weighted by Gasteiger charge is -2.34. The van der Waals surface area contributed by atoms with Crippen molar-refractivity contribution in [3.63, 3.8) is 0 Å². The van der Waals surface area contributed by atoms with E-state index in [0.717, 1.165) is 37.4 Å². The number of rotatable bonds is 10. The van der Waals surface area contributed by atoms with Gasteiger partial charge in [-0.3, -0.25) is 23.5 Å². The van der Waals surface area contributed by atoms with Crippen LogP contribution in [0.4, 0.5) is 0 Å². The predicted molar refractivity (Wildman–Crippen MR) is 178 cm³/mol. The molecular formula is C33H45N7O3S. The normalized spacial score (nSPS) is 19.1. The number of nitrogens with zero attached hydrogens (tertiary/aromatic N) is 7. The number of morpholine rings is 1. The van der Waals surface area contributed by atoms with E-state index in [1.54, 1.807) is 15.9 Å². The number of aromatic nitrogens is 5. The highest BCUT2D eigenvalue weighted by molar-refractivity contribution is 7.10. The Kier molecular flexibility index (Phi) is 8.83. The van der Waals surface area contributed by atoms with Gasteiger partial charge in [-0.2, -0.15) is 5.10 Å². The van der Waals surface area contributed by atoms with Crippen LogP contribution in [0.3, 0.4) is 0 Å². The average Bonchev–Trinajstić information content (AvgIpc) is 3.67. The summed E-state index contributed by atoms with van der Waals surface area (Å²) >= 11 is 1.80. The summed E-state index contributed by atoms with van der Waals surface area (Å²) in [7, 11) is 6.08. The van der Waals surface area contributed by atoms with Gasteiger partial charge in [0.2, 0.25) is 0 Å². The molecule has 0 bridgehead atoms. The molecule has 236 valence electrons. The van der Waals surface area contributed by atoms with Crippen LogP contribution < -0.4 is 11.2 Å². The van der Waals surface area contributed by atoms with Gasteiger partial charge < -0.3 is 14.2 Å². The van der Waals surface area contributed by atoms with Crippen molar-refractivity contribution >= 4 is 28.4 Å². The lowest BCUT2D eigenvalue weighted by molar-refractivity contribution is -0.0389. The maximum absolute atomic E-state index is 14.4. The highest BCUT2D eigenvalue weighted by Crippen LogP contribution is 2.33. The first-order chi connectivity index (χ1) is 21.1. The van der Waals surface area contributed by atoms with Gasteiger partial charge in [0.1, 0.15) is 11.1 Å². The van der Waals surface area contributed by atoms with Crippen molar-refractivity contribution in [3.05, 3.63) is 66.6 Å². The van der Waals surface area contributed by atoms with Crippen LogP contribution in [0.25, 0.3) is 28.5 Å². The van der Waals surface area contributed by atoms with Crippen LogP contribution in [-0.2, 0) is 37.8 Å². The minimum absolute atomic E-state index is 0.110. The summed E-state index contributed by atoms with van der Waals surface area (Å²) in [5.41, 5.74) is 4.02. The van der Waals surface area contributed by atoms with Crippen LogP contribution in [0.5, 0.6) is 0 Å². The second-order valence-electron chi connectivity index (χ2n) is 13.1. The molecule has 10 nitrogen and oxygen atoms in total. The molecule has 0 N–H and O–H groups in total. The highest BCUT2D eigenvalue weighted by Gasteiger charge is 2.27. The Morgan fingerprint density at radius 3 is 2.73 bits per heavy atom. The molecule has 1 saturated heterocycles. The third kappa shape index (κ3) is 6.02. The van der Waals surface area contributed by atoms with Crippen LogP contribution >= 0.6 is 11.3 Å². The highest BCUT2D eigenvalue weighted by atomic mass is 32.1. The molecule has 0 saturated carbocycles. The van der Waals surface area contributed by atoms with Crippen molar-refractivity contribution in [2.24, 2.45) is 18.9 Å². The van der Waals surface area contributed by atoms with Gasteiger partial charge in [0, 0.05) is 57.4 Å². The van der Waals surface area contributed by atoms with Crippen LogP contribution in [0, 0.1) is 11.8 Å². The quantitative estimate of drug-likeness (QED) is 0.270. The molecule has 1 unspecified atom stereocenters. The molecular weight excluding hydrogens is 574 g/mol. The summed E-state index contributed by atoms with van der Waals surface area (Å²) in [6.45, 7) is 11.4. The van der Waals surface area contributed by atoms with Gasteiger partial charge in [-0.15, -0.1) is 11.3 Å². The van der Waals surface area contributed by atoms with E-state index in [9.17, 15) is 9.59 Å². The number of hydrogen-bond acceptors (Lipinski definition) is 7. The van der Waals surface area contributed by atoms with Crippen LogP contribution in [0.1, 0.15) is 36.8 Å². The van der Waals surface area contributed by atoms with Gasteiger partial charge >= 0.3 is 5.69 Å². The molecule has 6 rings (SSSR count). The summed E-state index contributed by atoms with van der Waals surface area (Å²) in [6.07, 6.45) is 7.64. The van der Waals surface area contributed by atoms with Crippen molar-refractivity contribution in [2.45, 2.75) is 52.9 Å². The van der Waals surface area contributed by atoms with Crippen molar-refractivity contribution < 1.29 is 4.74 Å². The zero-order chi connectivity index (χ0) is 31.1. The predicted octanol–water partition coefficient (Wildman–Crippen LogP) is 3.60. The van der Waals surface area contributed by atoms with Crippen LogP contribution in [-0.4, -0.2) is 86.3 Å². The van der Waals surface area contributed by atoms with E-state index >= 15 is 0 Å². The molecule has 2 aliphatic rings. The molecule has 0 radical (unpaired) electrons. The van der Waals surface area contributed by atoms with E-state index in [2.05, 4.69) is 48.1 Å². The molecule has 1 aliphatic heterocycles. The second kappa shape index (κ2) is 12.6. The summed E-state index contributed by atoms with van der Waals surface area (Å²) < 4.78 is 13.1. The van der Waals surface area contributed by atoms with E-state index in [1.165, 1.54) is 20.6 Å². The molecule has 4 aromatic rings. The smallest absolute Gasteiger partial charge is 0.332 e. The molecule has 2 atom stereocenters. The van der Waals surface area contributed by atoms with Gasteiger partial charge in [0.05, 0.1) is 24.9 Å². The number of hydrogen-bond donors (Lipinski definition) is 0. The Balaban J connectivity index is 1.45. The Morgan fingerprint density at radius 1 is 1.18 bits per heavy atom. The number of aryl methyl sites for hydroxylation is 1. The van der Waals surface area contributed by atoms with Gasteiger partial charge in [-0.1, -0.05) is 32.9 Å². The zero-order valence-electron chi connectivity index (χ0n) is 26.8. The maximum Gasteiger partial charge on any atom is 0.332 e. The molecule has 0 amide bonds. The first-order valence-electron chi connectivity index (χ1n) is 15.7. The van der Waals surface area contributed by atoms with E-state index < -0.39 is 0 Å². The first-order valence-corrected chi connectivity index (χ1v) is 16.6. The number of fused-ring (bicyclic) bond motifs is 2. The summed E-state index contributed by atoms with van der Waals surface area (Å²) in [5.74, 6) is 0.730. The molecule has 5 heterocycles. The van der Waals surface area contributed by atoms with Crippen molar-refractivity contribution in [2.75, 3.05) is 46.9 Å². The maximum atomic E-state index is 14.4. The molecule has 44 heavy (non-hydrogen) atoms. The van der Waals surface area contributed by atoms with Crippen LogP contribution in [0.15, 0.2) is 39.4 Å². The molecule has 0 aromatic carbocycles. The fourth-order valence-electron chi connectivity index (χ4n) is 6.56. The van der Waals surface area contributed by atoms with Crippen molar-refractivity contribution in [1.29, 1.82) is 0 Å². The average molecular weight is 620 g/mol. The molecule has 11 heteroatoms. The molecule has 1 aliphatic carbocycles. The minimum Gasteiger partial charge on any atom is -0.374 e. The zero-order valence-corrected chi connectivity index (χ0v) is 27.6. The van der Waals surface area contributed by atoms with Gasteiger partial charge in [0.15, 0.2) is 5.65 Å². The number of likely N-dealkylation sites (N-methyl/N-ethyl adjacent to an activating group) is 1. The van der Waals surface area contributed by atoms with Crippen LogP contribution in [0.2, 0.25) is 0 Å². The lowest BCUT2D eigenvalue weighted by atomic mass is 9.95. The first kappa shape index (κ1) is 30.8. The monoisotopic (exact) mass is 619 g/mol. The van der Waals surface area contributed by atoms with E-state index in [0.29, 0.717) is 49.7 Å². The number of thiophene rings is 1. The topological polar surface area (TPSA) is 82.5 Å². The third-order valence-electron chi connectivity index (χ3n) is 8.68. The fourth-order valence-corrected chi connectivity index (χ4v) is 7.73. The number of allylic oxidation sites excluding steroid dienone is 1. The molecule has 0 spiro atoms. The fraction of sp³-hybridized carbons (Fsp3) is 0.545. The van der Waals surface area contributed by atoms with Crippen molar-refractivity contribution in [3.8, 4) is 11.4 Å². The van der Waals surface area contributed by atoms with E-state index in [1.807, 2.05) is 48.7 Å². The SMILES string of the molecule is CC(C)Cn1c(=O)n(CCN2CCO[C@@H](CN(C)C)C2)c(=O)c2c(-c3cccn3C)n(Cc3csc4c3C=CC(C)C4)nc21. The number of ether oxygens (including phenoxy) is 1. The largest absolute Gasteiger partial charge is 0.374 e. The lowest BCUT2D eigenvalue weighted by Crippen LogP contribution is -2.49. The second-order valence-corrected chi connectivity index (χ2v) is 14.1. The van der Waals surface area contributed by atoms with Gasteiger partial charge in [-0.05, 0) is 61.0 Å². The Bertz CT molecular complexity index is 1790. The van der Waals surface area contributed by atoms with E-state index in [4.69, 9.17) is 9.84 Å².